The van der Waals surface area contributed by atoms with Crippen LogP contribution < -0.4 is 4.90 Å². The van der Waals surface area contributed by atoms with Crippen molar-refractivity contribution in [2.75, 3.05) is 11.4 Å². The van der Waals surface area contributed by atoms with Crippen molar-refractivity contribution in [3.05, 3.63) is 66.4 Å². The fraction of sp³-hybridized carbons (Fsp3) is 0.375. The predicted octanol–water partition coefficient (Wildman–Crippen LogP) is 4.60. The van der Waals surface area contributed by atoms with Crippen molar-refractivity contribution in [1.29, 1.82) is 0 Å². The molecular weight excluding hydrogens is 348 g/mol. The van der Waals surface area contributed by atoms with E-state index in [9.17, 15) is 10.2 Å². The summed E-state index contributed by atoms with van der Waals surface area (Å²) in [6.45, 7) is 0.781. The Bertz CT molecular complexity index is 990. The third kappa shape index (κ3) is 2.67. The van der Waals surface area contributed by atoms with Crippen LogP contribution in [0.5, 0.6) is 5.75 Å². The highest BCUT2D eigenvalue weighted by molar-refractivity contribution is 5.94. The zero-order valence-corrected chi connectivity index (χ0v) is 16.0. The second-order valence-corrected chi connectivity index (χ2v) is 8.20. The molecule has 0 bridgehead atoms. The molecule has 1 saturated heterocycles. The molecule has 1 aromatic heterocycles. The molecule has 2 aliphatic rings. The number of anilines is 1. The summed E-state index contributed by atoms with van der Waals surface area (Å²) in [5.41, 5.74) is 2.18. The van der Waals surface area contributed by atoms with Gasteiger partial charge >= 0.3 is 0 Å². The lowest BCUT2D eigenvalue weighted by Crippen LogP contribution is -2.57. The van der Waals surface area contributed by atoms with E-state index in [1.54, 1.807) is 12.3 Å². The van der Waals surface area contributed by atoms with Crippen molar-refractivity contribution in [1.82, 2.24) is 4.98 Å². The molecule has 1 aliphatic heterocycles. The molecule has 4 nitrogen and oxygen atoms in total. The number of benzene rings is 2. The van der Waals surface area contributed by atoms with Crippen LogP contribution in [0, 0.1) is 5.92 Å². The highest BCUT2D eigenvalue weighted by Gasteiger charge is 2.49. The number of hydrogen-bond donors (Lipinski definition) is 2. The van der Waals surface area contributed by atoms with Gasteiger partial charge in [0.15, 0.2) is 0 Å². The van der Waals surface area contributed by atoms with Crippen molar-refractivity contribution in [2.24, 2.45) is 5.92 Å². The van der Waals surface area contributed by atoms with Crippen LogP contribution in [0.25, 0.3) is 10.9 Å². The Labute approximate surface area is 165 Å². The molecule has 1 unspecified atom stereocenters. The zero-order chi connectivity index (χ0) is 19.1. The number of rotatable bonds is 2. The van der Waals surface area contributed by atoms with Crippen LogP contribution in [0.3, 0.4) is 0 Å². The second-order valence-electron chi connectivity index (χ2n) is 8.20. The lowest BCUT2D eigenvalue weighted by Gasteiger charge is -2.53. The largest absolute Gasteiger partial charge is 0.507 e. The van der Waals surface area contributed by atoms with Gasteiger partial charge in [-0.2, -0.15) is 0 Å². The van der Waals surface area contributed by atoms with E-state index < -0.39 is 5.60 Å². The van der Waals surface area contributed by atoms with Crippen LogP contribution in [0.1, 0.15) is 37.7 Å². The molecule has 1 aliphatic carbocycles. The van der Waals surface area contributed by atoms with Crippen LogP contribution in [-0.4, -0.2) is 27.8 Å². The SMILES string of the molecule is Oc1ccnc2c(N3CC[C@@](O)(c4ccccc4)[C@@H]4CCCCC43)cccc12. The second kappa shape index (κ2) is 6.78. The Morgan fingerprint density at radius 2 is 1.79 bits per heavy atom. The van der Waals surface area contributed by atoms with Gasteiger partial charge in [-0.1, -0.05) is 49.2 Å². The molecule has 2 N–H and O–H groups in total. The summed E-state index contributed by atoms with van der Waals surface area (Å²) in [5.74, 6) is 0.467. The molecule has 5 rings (SSSR count). The third-order valence-corrected chi connectivity index (χ3v) is 6.79. The van der Waals surface area contributed by atoms with Gasteiger partial charge in [0.1, 0.15) is 5.75 Å². The van der Waals surface area contributed by atoms with E-state index in [-0.39, 0.29) is 17.7 Å². The van der Waals surface area contributed by atoms with E-state index in [0.717, 1.165) is 41.5 Å². The first-order valence-electron chi connectivity index (χ1n) is 10.3. The maximum atomic E-state index is 11.8. The van der Waals surface area contributed by atoms with Gasteiger partial charge in [-0.15, -0.1) is 0 Å². The van der Waals surface area contributed by atoms with Gasteiger partial charge in [0, 0.05) is 30.1 Å². The minimum atomic E-state index is -0.775. The smallest absolute Gasteiger partial charge is 0.126 e. The fourth-order valence-electron chi connectivity index (χ4n) is 5.45. The van der Waals surface area contributed by atoms with Crippen LogP contribution >= 0.6 is 0 Å². The Kier molecular flexibility index (Phi) is 4.24. The van der Waals surface area contributed by atoms with Crippen molar-refractivity contribution in [3.8, 4) is 5.75 Å². The Morgan fingerprint density at radius 1 is 0.964 bits per heavy atom. The van der Waals surface area contributed by atoms with E-state index >= 15 is 0 Å². The molecule has 0 spiro atoms. The predicted molar refractivity (Wildman–Crippen MR) is 111 cm³/mol. The van der Waals surface area contributed by atoms with Crippen LogP contribution in [0.4, 0.5) is 5.69 Å². The van der Waals surface area contributed by atoms with Crippen LogP contribution in [0.15, 0.2) is 60.8 Å². The standard InChI is InChI=1S/C24H26N2O2/c27-22-13-15-25-23-18(22)9-6-12-21(23)26-16-14-24(28,17-7-2-1-3-8-17)19-10-4-5-11-20(19)26/h1-3,6-9,12-13,15,19-20,28H,4-5,10-11,14,16H2,(H,25,27)/t19-,20?,24-/m1/s1. The van der Waals surface area contributed by atoms with Crippen LogP contribution in [-0.2, 0) is 5.60 Å². The number of nitrogens with zero attached hydrogens (tertiary/aromatic N) is 2. The molecule has 1 saturated carbocycles. The lowest BCUT2D eigenvalue weighted by atomic mass is 9.66. The summed E-state index contributed by atoms with van der Waals surface area (Å²) in [6.07, 6.45) is 6.84. The maximum absolute atomic E-state index is 11.8. The number of aromatic nitrogens is 1. The first-order valence-corrected chi connectivity index (χ1v) is 10.3. The quantitative estimate of drug-likeness (QED) is 0.688. The summed E-state index contributed by atoms with van der Waals surface area (Å²) >= 11 is 0. The van der Waals surface area contributed by atoms with Crippen molar-refractivity contribution in [3.63, 3.8) is 0 Å². The summed E-state index contributed by atoms with van der Waals surface area (Å²) in [6, 6.07) is 18.1. The number of piperidine rings is 1. The van der Waals surface area contributed by atoms with E-state index in [4.69, 9.17) is 0 Å². The average Bonchev–Trinajstić information content (AvgIpc) is 2.75. The van der Waals surface area contributed by atoms with Gasteiger partial charge in [0.25, 0.3) is 0 Å². The maximum Gasteiger partial charge on any atom is 0.126 e. The zero-order valence-electron chi connectivity index (χ0n) is 16.0. The summed E-state index contributed by atoms with van der Waals surface area (Å²) in [4.78, 5) is 7.03. The van der Waals surface area contributed by atoms with Crippen molar-refractivity contribution in [2.45, 2.75) is 43.7 Å². The number of pyridine rings is 1. The Morgan fingerprint density at radius 3 is 2.64 bits per heavy atom. The number of para-hydroxylation sites is 1. The average molecular weight is 374 g/mol. The van der Waals surface area contributed by atoms with Crippen molar-refractivity contribution >= 4 is 16.6 Å². The third-order valence-electron chi connectivity index (χ3n) is 6.79. The molecule has 0 amide bonds. The van der Waals surface area contributed by atoms with Gasteiger partial charge in [0.05, 0.1) is 16.8 Å². The molecule has 2 aromatic carbocycles. The topological polar surface area (TPSA) is 56.6 Å². The van der Waals surface area contributed by atoms with E-state index in [2.05, 4.69) is 28.1 Å². The number of hydrogen-bond acceptors (Lipinski definition) is 4. The number of fused-ring (bicyclic) bond motifs is 2. The molecule has 3 aromatic rings. The molecule has 0 radical (unpaired) electrons. The molecular formula is C24H26N2O2. The highest BCUT2D eigenvalue weighted by atomic mass is 16.3. The number of aromatic hydroxyl groups is 1. The minimum absolute atomic E-state index is 0.199. The highest BCUT2D eigenvalue weighted by Crippen LogP contribution is 2.48. The molecule has 3 atom stereocenters. The normalized spacial score (nSPS) is 27.5. The van der Waals surface area contributed by atoms with Gasteiger partial charge in [-0.3, -0.25) is 4.98 Å². The summed E-state index contributed by atoms with van der Waals surface area (Å²) in [7, 11) is 0. The van der Waals surface area contributed by atoms with E-state index in [0.29, 0.717) is 6.42 Å². The van der Waals surface area contributed by atoms with Gasteiger partial charge < -0.3 is 15.1 Å². The van der Waals surface area contributed by atoms with E-state index in [1.165, 1.54) is 12.8 Å². The number of aliphatic hydroxyl groups is 1. The minimum Gasteiger partial charge on any atom is -0.507 e. The first-order chi connectivity index (χ1) is 13.7. The van der Waals surface area contributed by atoms with Gasteiger partial charge in [-0.05, 0) is 43.0 Å². The first kappa shape index (κ1) is 17.5. The molecule has 4 heteroatoms. The Hall–Kier alpha value is -2.59. The van der Waals surface area contributed by atoms with Gasteiger partial charge in [-0.25, -0.2) is 0 Å². The van der Waals surface area contributed by atoms with Gasteiger partial charge in [0.2, 0.25) is 0 Å². The summed E-state index contributed by atoms with van der Waals surface area (Å²) in [5, 5.41) is 22.8. The summed E-state index contributed by atoms with van der Waals surface area (Å²) < 4.78 is 0. The van der Waals surface area contributed by atoms with E-state index in [1.807, 2.05) is 30.3 Å². The molecule has 28 heavy (non-hydrogen) atoms. The molecule has 2 fully saturated rings. The fourth-order valence-corrected chi connectivity index (χ4v) is 5.45. The monoisotopic (exact) mass is 374 g/mol. The van der Waals surface area contributed by atoms with Crippen LogP contribution in [0.2, 0.25) is 0 Å². The van der Waals surface area contributed by atoms with Crippen molar-refractivity contribution < 1.29 is 10.2 Å². The lowest BCUT2D eigenvalue weighted by molar-refractivity contribution is -0.0688. The molecule has 2 heterocycles. The Balaban J connectivity index is 1.58. The molecule has 144 valence electrons.